The number of ether oxygens (including phenoxy) is 1. The van der Waals surface area contributed by atoms with Crippen molar-refractivity contribution in [2.75, 3.05) is 77.2 Å². The normalized spacial score (nSPS) is 16.0. The molecule has 0 aliphatic carbocycles. The molecule has 124 valence electrons. The molecule has 1 aliphatic heterocycles. The monoisotopic (exact) mass is 308 g/mol. The van der Waals surface area contributed by atoms with E-state index >= 15 is 0 Å². The molecule has 2 rings (SSSR count). The van der Waals surface area contributed by atoms with Gasteiger partial charge in [-0.25, -0.2) is 4.98 Å². The SMILES string of the molecule is CN(C)CCCNc1ccnc(NCCN2CCOCC2)n1. The van der Waals surface area contributed by atoms with E-state index in [4.69, 9.17) is 4.74 Å². The smallest absolute Gasteiger partial charge is 0.224 e. The lowest BCUT2D eigenvalue weighted by molar-refractivity contribution is 0.0398. The number of anilines is 2. The second kappa shape index (κ2) is 9.55. The molecule has 0 amide bonds. The first-order chi connectivity index (χ1) is 10.7. The predicted octanol–water partition coefficient (Wildman–Crippen LogP) is 0.584. The highest BCUT2D eigenvalue weighted by Gasteiger charge is 2.09. The molecule has 0 saturated carbocycles. The predicted molar refractivity (Wildman–Crippen MR) is 89.4 cm³/mol. The van der Waals surface area contributed by atoms with Gasteiger partial charge in [0.25, 0.3) is 0 Å². The molecule has 2 N–H and O–H groups in total. The summed E-state index contributed by atoms with van der Waals surface area (Å²) in [6.45, 7) is 7.53. The summed E-state index contributed by atoms with van der Waals surface area (Å²) < 4.78 is 5.34. The van der Waals surface area contributed by atoms with Crippen LogP contribution in [0.15, 0.2) is 12.3 Å². The number of rotatable bonds is 9. The van der Waals surface area contributed by atoms with Crippen molar-refractivity contribution in [2.24, 2.45) is 0 Å². The summed E-state index contributed by atoms with van der Waals surface area (Å²) in [5.41, 5.74) is 0. The van der Waals surface area contributed by atoms with Gasteiger partial charge < -0.3 is 20.3 Å². The zero-order chi connectivity index (χ0) is 15.6. The number of aromatic nitrogens is 2. The van der Waals surface area contributed by atoms with E-state index in [2.05, 4.69) is 44.5 Å². The highest BCUT2D eigenvalue weighted by molar-refractivity contribution is 5.39. The van der Waals surface area contributed by atoms with Crippen molar-refractivity contribution in [3.63, 3.8) is 0 Å². The van der Waals surface area contributed by atoms with E-state index in [0.29, 0.717) is 5.95 Å². The van der Waals surface area contributed by atoms with Gasteiger partial charge in [0, 0.05) is 38.9 Å². The molecule has 22 heavy (non-hydrogen) atoms. The van der Waals surface area contributed by atoms with E-state index in [0.717, 1.165) is 64.7 Å². The Morgan fingerprint density at radius 1 is 1.23 bits per heavy atom. The first-order valence-corrected chi connectivity index (χ1v) is 7.99. The number of hydrogen-bond donors (Lipinski definition) is 2. The Labute approximate surface area is 133 Å². The quantitative estimate of drug-likeness (QED) is 0.647. The third-order valence-corrected chi connectivity index (χ3v) is 3.56. The standard InChI is InChI=1S/C15H28N6O/c1-20(2)8-3-5-16-14-4-6-17-15(19-14)18-7-9-21-10-12-22-13-11-21/h4,6H,3,5,7-13H2,1-2H3,(H2,16,17,18,19). The van der Waals surface area contributed by atoms with E-state index < -0.39 is 0 Å². The Morgan fingerprint density at radius 2 is 2.05 bits per heavy atom. The first-order valence-electron chi connectivity index (χ1n) is 7.99. The highest BCUT2D eigenvalue weighted by Crippen LogP contribution is 2.05. The largest absolute Gasteiger partial charge is 0.379 e. The van der Waals surface area contributed by atoms with Crippen LogP contribution >= 0.6 is 0 Å². The number of nitrogens with one attached hydrogen (secondary N) is 2. The van der Waals surface area contributed by atoms with Crippen molar-refractivity contribution in [1.82, 2.24) is 19.8 Å². The van der Waals surface area contributed by atoms with Gasteiger partial charge in [0.15, 0.2) is 0 Å². The number of morpholine rings is 1. The summed E-state index contributed by atoms with van der Waals surface area (Å²) in [6, 6.07) is 1.91. The summed E-state index contributed by atoms with van der Waals surface area (Å²) in [6.07, 6.45) is 2.88. The molecular weight excluding hydrogens is 280 g/mol. The van der Waals surface area contributed by atoms with Gasteiger partial charge >= 0.3 is 0 Å². The van der Waals surface area contributed by atoms with Gasteiger partial charge in [0.05, 0.1) is 13.2 Å². The molecule has 0 bridgehead atoms. The van der Waals surface area contributed by atoms with Gasteiger partial charge in [-0.2, -0.15) is 4.98 Å². The Hall–Kier alpha value is -1.44. The van der Waals surface area contributed by atoms with Crippen LogP contribution in [0.1, 0.15) is 6.42 Å². The molecule has 1 saturated heterocycles. The van der Waals surface area contributed by atoms with E-state index in [9.17, 15) is 0 Å². The maximum absolute atomic E-state index is 5.34. The van der Waals surface area contributed by atoms with Crippen molar-refractivity contribution in [3.05, 3.63) is 12.3 Å². The molecular formula is C15H28N6O. The van der Waals surface area contributed by atoms with Crippen LogP contribution < -0.4 is 10.6 Å². The average Bonchev–Trinajstić information content (AvgIpc) is 2.53. The van der Waals surface area contributed by atoms with Crippen LogP contribution in [0.5, 0.6) is 0 Å². The molecule has 7 heteroatoms. The van der Waals surface area contributed by atoms with Gasteiger partial charge in [-0.1, -0.05) is 0 Å². The Morgan fingerprint density at radius 3 is 2.82 bits per heavy atom. The first kappa shape index (κ1) is 16.9. The van der Waals surface area contributed by atoms with Crippen LogP contribution in [-0.2, 0) is 4.74 Å². The third-order valence-electron chi connectivity index (χ3n) is 3.56. The zero-order valence-corrected chi connectivity index (χ0v) is 13.7. The fourth-order valence-electron chi connectivity index (χ4n) is 2.30. The second-order valence-electron chi connectivity index (χ2n) is 5.73. The molecule has 7 nitrogen and oxygen atoms in total. The number of hydrogen-bond acceptors (Lipinski definition) is 7. The van der Waals surface area contributed by atoms with Crippen LogP contribution in [0.2, 0.25) is 0 Å². The van der Waals surface area contributed by atoms with Crippen LogP contribution in [0.4, 0.5) is 11.8 Å². The van der Waals surface area contributed by atoms with E-state index in [-0.39, 0.29) is 0 Å². The lowest BCUT2D eigenvalue weighted by Gasteiger charge is -2.26. The topological polar surface area (TPSA) is 65.5 Å². The van der Waals surface area contributed by atoms with Crippen molar-refractivity contribution < 1.29 is 4.74 Å². The molecule has 0 unspecified atom stereocenters. The minimum absolute atomic E-state index is 0.686. The molecule has 0 aromatic carbocycles. The molecule has 0 spiro atoms. The molecule has 1 fully saturated rings. The summed E-state index contributed by atoms with van der Waals surface area (Å²) >= 11 is 0. The minimum atomic E-state index is 0.686. The van der Waals surface area contributed by atoms with Gasteiger partial charge in [-0.05, 0) is 33.1 Å². The van der Waals surface area contributed by atoms with E-state index in [1.807, 2.05) is 6.07 Å². The molecule has 0 radical (unpaired) electrons. The van der Waals surface area contributed by atoms with E-state index in [1.54, 1.807) is 6.20 Å². The van der Waals surface area contributed by atoms with Crippen molar-refractivity contribution in [3.8, 4) is 0 Å². The van der Waals surface area contributed by atoms with E-state index in [1.165, 1.54) is 0 Å². The molecule has 0 atom stereocenters. The minimum Gasteiger partial charge on any atom is -0.379 e. The Bertz CT molecular complexity index is 422. The Kier molecular flexibility index (Phi) is 7.35. The maximum Gasteiger partial charge on any atom is 0.224 e. The molecule has 2 heterocycles. The second-order valence-corrected chi connectivity index (χ2v) is 5.73. The summed E-state index contributed by atoms with van der Waals surface area (Å²) in [4.78, 5) is 13.3. The Balaban J connectivity index is 1.66. The number of nitrogens with zero attached hydrogens (tertiary/aromatic N) is 4. The fraction of sp³-hybridized carbons (Fsp3) is 0.733. The highest BCUT2D eigenvalue weighted by atomic mass is 16.5. The lowest BCUT2D eigenvalue weighted by Crippen LogP contribution is -2.39. The van der Waals surface area contributed by atoms with Crippen molar-refractivity contribution in [2.45, 2.75) is 6.42 Å². The maximum atomic E-state index is 5.34. The van der Waals surface area contributed by atoms with Gasteiger partial charge in [0.1, 0.15) is 5.82 Å². The van der Waals surface area contributed by atoms with Crippen LogP contribution in [0.25, 0.3) is 0 Å². The summed E-state index contributed by atoms with van der Waals surface area (Å²) in [7, 11) is 4.17. The van der Waals surface area contributed by atoms with Crippen molar-refractivity contribution in [1.29, 1.82) is 0 Å². The summed E-state index contributed by atoms with van der Waals surface area (Å²) in [5, 5.41) is 6.62. The van der Waals surface area contributed by atoms with Crippen molar-refractivity contribution >= 4 is 11.8 Å². The average molecular weight is 308 g/mol. The molecule has 1 aromatic heterocycles. The van der Waals surface area contributed by atoms with Gasteiger partial charge in [-0.15, -0.1) is 0 Å². The lowest BCUT2D eigenvalue weighted by atomic mass is 10.4. The van der Waals surface area contributed by atoms with Crippen LogP contribution in [0.3, 0.4) is 0 Å². The van der Waals surface area contributed by atoms with Gasteiger partial charge in [-0.3, -0.25) is 4.90 Å². The molecule has 1 aromatic rings. The van der Waals surface area contributed by atoms with Crippen LogP contribution in [-0.4, -0.2) is 86.3 Å². The third kappa shape index (κ3) is 6.55. The molecule has 1 aliphatic rings. The van der Waals surface area contributed by atoms with Gasteiger partial charge in [0.2, 0.25) is 5.95 Å². The zero-order valence-electron chi connectivity index (χ0n) is 13.7. The summed E-state index contributed by atoms with van der Waals surface area (Å²) in [5.74, 6) is 1.56. The fourth-order valence-corrected chi connectivity index (χ4v) is 2.30. The van der Waals surface area contributed by atoms with Crippen LogP contribution in [0, 0.1) is 0 Å².